The average molecular weight is 334 g/mol. The van der Waals surface area contributed by atoms with Crippen LogP contribution in [0.25, 0.3) is 0 Å². The zero-order chi connectivity index (χ0) is 16.5. The number of thiocarbonyl (C=S) groups is 1. The van der Waals surface area contributed by atoms with Crippen molar-refractivity contribution in [2.45, 2.75) is 51.9 Å². The molecule has 2 rings (SSSR count). The number of carbonyl (C=O) groups excluding carboxylic acids is 1. The van der Waals surface area contributed by atoms with E-state index in [1.54, 1.807) is 0 Å². The van der Waals surface area contributed by atoms with Crippen molar-refractivity contribution in [3.05, 3.63) is 24.3 Å². The van der Waals surface area contributed by atoms with E-state index in [1.165, 1.54) is 12.8 Å². The molecule has 23 heavy (non-hydrogen) atoms. The molecule has 0 saturated heterocycles. The molecule has 0 aliphatic heterocycles. The number of carbonyl (C=O) groups is 1. The predicted molar refractivity (Wildman–Crippen MR) is 97.8 cm³/mol. The molecule has 0 radical (unpaired) electrons. The van der Waals surface area contributed by atoms with E-state index in [9.17, 15) is 4.79 Å². The molecule has 0 heterocycles. The summed E-state index contributed by atoms with van der Waals surface area (Å²) in [6.07, 6.45) is 7.55. The molecule has 1 aromatic carbocycles. The molecule has 1 aliphatic carbocycles. The van der Waals surface area contributed by atoms with Gasteiger partial charge in [0.15, 0.2) is 5.11 Å². The van der Waals surface area contributed by atoms with Gasteiger partial charge in [0.1, 0.15) is 5.75 Å². The van der Waals surface area contributed by atoms with Gasteiger partial charge in [-0.2, -0.15) is 0 Å². The van der Waals surface area contributed by atoms with Crippen LogP contribution in [-0.4, -0.2) is 17.6 Å². The summed E-state index contributed by atoms with van der Waals surface area (Å²) < 4.78 is 5.61. The minimum Gasteiger partial charge on any atom is -0.494 e. The number of anilines is 1. The molecule has 0 bridgehead atoms. The second-order valence-electron chi connectivity index (χ2n) is 6.08. The van der Waals surface area contributed by atoms with Gasteiger partial charge >= 0.3 is 0 Å². The molecular formula is C18H26N2O2S. The Morgan fingerprint density at radius 3 is 2.61 bits per heavy atom. The fraction of sp³-hybridized carbons (Fsp3) is 0.556. The minimum absolute atomic E-state index is 0.00826. The van der Waals surface area contributed by atoms with E-state index in [0.29, 0.717) is 17.5 Å². The second kappa shape index (κ2) is 9.50. The van der Waals surface area contributed by atoms with Crippen molar-refractivity contribution in [1.29, 1.82) is 0 Å². The zero-order valence-electron chi connectivity index (χ0n) is 13.8. The Morgan fingerprint density at radius 1 is 1.26 bits per heavy atom. The fourth-order valence-electron chi connectivity index (χ4n) is 2.79. The van der Waals surface area contributed by atoms with Crippen LogP contribution in [0.4, 0.5) is 5.69 Å². The number of nitrogens with one attached hydrogen (secondary N) is 2. The molecule has 1 fully saturated rings. The van der Waals surface area contributed by atoms with Crippen molar-refractivity contribution >= 4 is 28.9 Å². The minimum atomic E-state index is 0.00826. The predicted octanol–water partition coefficient (Wildman–Crippen LogP) is 4.26. The lowest BCUT2D eigenvalue weighted by Crippen LogP contribution is -2.34. The van der Waals surface area contributed by atoms with E-state index in [-0.39, 0.29) is 5.91 Å². The van der Waals surface area contributed by atoms with Gasteiger partial charge in [-0.25, -0.2) is 0 Å². The van der Waals surface area contributed by atoms with E-state index in [4.69, 9.17) is 17.0 Å². The maximum Gasteiger partial charge on any atom is 0.226 e. The zero-order valence-corrected chi connectivity index (χ0v) is 14.6. The summed E-state index contributed by atoms with van der Waals surface area (Å²) in [5.74, 6) is 1.38. The number of rotatable bonds is 7. The van der Waals surface area contributed by atoms with Crippen molar-refractivity contribution in [2.75, 3.05) is 11.9 Å². The van der Waals surface area contributed by atoms with Gasteiger partial charge in [-0.3, -0.25) is 4.79 Å². The Balaban J connectivity index is 1.72. The standard InChI is InChI=1S/C18H26N2O2S/c1-2-3-12-22-16-10-8-15(9-11-16)19-18(23)20-17(21)13-14-6-4-5-7-14/h8-11,14H,2-7,12-13H2,1H3,(H2,19,20,21,23). The van der Waals surface area contributed by atoms with Crippen LogP contribution in [0.2, 0.25) is 0 Å². The molecule has 1 aliphatic rings. The molecule has 126 valence electrons. The molecular weight excluding hydrogens is 308 g/mol. The molecule has 0 atom stereocenters. The first kappa shape index (κ1) is 17.7. The monoisotopic (exact) mass is 334 g/mol. The molecule has 1 saturated carbocycles. The lowest BCUT2D eigenvalue weighted by molar-refractivity contribution is -0.120. The van der Waals surface area contributed by atoms with Crippen molar-refractivity contribution in [1.82, 2.24) is 5.32 Å². The molecule has 1 amide bonds. The SMILES string of the molecule is CCCCOc1ccc(NC(=S)NC(=O)CC2CCCC2)cc1. The maximum absolute atomic E-state index is 11.9. The van der Waals surface area contributed by atoms with Crippen LogP contribution in [0.15, 0.2) is 24.3 Å². The summed E-state index contributed by atoms with van der Waals surface area (Å²) in [4.78, 5) is 11.9. The van der Waals surface area contributed by atoms with Gasteiger partial charge in [-0.1, -0.05) is 26.2 Å². The normalized spacial score (nSPS) is 14.5. The van der Waals surface area contributed by atoms with Gasteiger partial charge in [-0.05, 0) is 61.7 Å². The quantitative estimate of drug-likeness (QED) is 0.578. The molecule has 0 unspecified atom stereocenters. The lowest BCUT2D eigenvalue weighted by atomic mass is 10.0. The summed E-state index contributed by atoms with van der Waals surface area (Å²) in [7, 11) is 0. The Hall–Kier alpha value is -1.62. The summed E-state index contributed by atoms with van der Waals surface area (Å²) >= 11 is 5.20. The van der Waals surface area contributed by atoms with Crippen molar-refractivity contribution in [3.8, 4) is 5.75 Å². The van der Waals surface area contributed by atoms with E-state index < -0.39 is 0 Å². The Morgan fingerprint density at radius 2 is 1.96 bits per heavy atom. The highest BCUT2D eigenvalue weighted by molar-refractivity contribution is 7.80. The third-order valence-corrected chi connectivity index (χ3v) is 4.28. The summed E-state index contributed by atoms with van der Waals surface area (Å²) in [5.41, 5.74) is 0.846. The van der Waals surface area contributed by atoms with Crippen LogP contribution in [0, 0.1) is 5.92 Å². The second-order valence-corrected chi connectivity index (χ2v) is 6.49. The van der Waals surface area contributed by atoms with E-state index in [0.717, 1.165) is 43.7 Å². The number of unbranched alkanes of at least 4 members (excludes halogenated alkanes) is 1. The van der Waals surface area contributed by atoms with Gasteiger partial charge in [0.2, 0.25) is 5.91 Å². The summed E-state index contributed by atoms with van der Waals surface area (Å²) in [6.45, 7) is 2.87. The number of ether oxygens (including phenoxy) is 1. The summed E-state index contributed by atoms with van der Waals surface area (Å²) in [5, 5.41) is 6.15. The molecule has 5 heteroatoms. The van der Waals surface area contributed by atoms with Crippen LogP contribution in [-0.2, 0) is 4.79 Å². The molecule has 0 aromatic heterocycles. The fourth-order valence-corrected chi connectivity index (χ4v) is 3.02. The largest absolute Gasteiger partial charge is 0.494 e. The van der Waals surface area contributed by atoms with Gasteiger partial charge < -0.3 is 15.4 Å². The van der Waals surface area contributed by atoms with Crippen LogP contribution in [0.5, 0.6) is 5.75 Å². The molecule has 1 aromatic rings. The number of benzene rings is 1. The third kappa shape index (κ3) is 6.57. The average Bonchev–Trinajstić information content (AvgIpc) is 3.02. The highest BCUT2D eigenvalue weighted by Gasteiger charge is 2.18. The summed E-state index contributed by atoms with van der Waals surface area (Å²) in [6, 6.07) is 7.61. The first-order chi connectivity index (χ1) is 11.2. The van der Waals surface area contributed by atoms with Crippen LogP contribution < -0.4 is 15.4 Å². The third-order valence-electron chi connectivity index (χ3n) is 4.08. The van der Waals surface area contributed by atoms with Gasteiger partial charge in [0, 0.05) is 12.1 Å². The molecule has 0 spiro atoms. The Bertz CT molecular complexity index is 510. The smallest absolute Gasteiger partial charge is 0.226 e. The van der Waals surface area contributed by atoms with Gasteiger partial charge in [-0.15, -0.1) is 0 Å². The van der Waals surface area contributed by atoms with Crippen molar-refractivity contribution in [2.24, 2.45) is 5.92 Å². The van der Waals surface area contributed by atoms with Crippen LogP contribution >= 0.6 is 12.2 Å². The first-order valence-corrected chi connectivity index (χ1v) is 8.92. The van der Waals surface area contributed by atoms with Crippen molar-refractivity contribution < 1.29 is 9.53 Å². The Labute approximate surface area is 144 Å². The number of hydrogen-bond acceptors (Lipinski definition) is 3. The van der Waals surface area contributed by atoms with Crippen molar-refractivity contribution in [3.63, 3.8) is 0 Å². The molecule has 2 N–H and O–H groups in total. The lowest BCUT2D eigenvalue weighted by Gasteiger charge is -2.12. The van der Waals surface area contributed by atoms with E-state index in [2.05, 4.69) is 17.6 Å². The van der Waals surface area contributed by atoms with E-state index >= 15 is 0 Å². The van der Waals surface area contributed by atoms with Crippen LogP contribution in [0.1, 0.15) is 51.9 Å². The van der Waals surface area contributed by atoms with Crippen LogP contribution in [0.3, 0.4) is 0 Å². The van der Waals surface area contributed by atoms with Gasteiger partial charge in [0.25, 0.3) is 0 Å². The Kier molecular flexibility index (Phi) is 7.33. The van der Waals surface area contributed by atoms with Gasteiger partial charge in [0.05, 0.1) is 6.61 Å². The number of amides is 1. The maximum atomic E-state index is 11.9. The highest BCUT2D eigenvalue weighted by atomic mass is 32.1. The van der Waals surface area contributed by atoms with E-state index in [1.807, 2.05) is 24.3 Å². The molecule has 4 nitrogen and oxygen atoms in total. The highest BCUT2D eigenvalue weighted by Crippen LogP contribution is 2.27. The number of hydrogen-bond donors (Lipinski definition) is 2. The first-order valence-electron chi connectivity index (χ1n) is 8.51. The topological polar surface area (TPSA) is 50.4 Å².